The van der Waals surface area contributed by atoms with E-state index in [2.05, 4.69) is 39.5 Å². The molecule has 1 atom stereocenters. The van der Waals surface area contributed by atoms with Crippen LogP contribution < -0.4 is 10.6 Å². The molecule has 2 N–H and O–H groups in total. The van der Waals surface area contributed by atoms with E-state index in [4.69, 9.17) is 0 Å². The number of guanidine groups is 1. The highest BCUT2D eigenvalue weighted by molar-refractivity contribution is 14.0. The Morgan fingerprint density at radius 2 is 2.12 bits per heavy atom. The Morgan fingerprint density at radius 1 is 1.44 bits per heavy atom. The lowest BCUT2D eigenvalue weighted by atomic mass is 10.3. The fraction of sp³-hybridized carbons (Fsp3) is 0.733. The maximum Gasteiger partial charge on any atom is 0.434 e. The predicted molar refractivity (Wildman–Crippen MR) is 106 cm³/mol. The Kier molecular flexibility index (Phi) is 8.89. The third-order valence-electron chi connectivity index (χ3n) is 4.08. The van der Waals surface area contributed by atoms with Crippen LogP contribution in [0.4, 0.5) is 13.2 Å². The minimum absolute atomic E-state index is 0. The van der Waals surface area contributed by atoms with Crippen molar-refractivity contribution in [2.75, 3.05) is 27.2 Å². The highest BCUT2D eigenvalue weighted by atomic mass is 127. The lowest BCUT2D eigenvalue weighted by Gasteiger charge is -2.25. The van der Waals surface area contributed by atoms with Gasteiger partial charge < -0.3 is 10.6 Å². The smallest absolute Gasteiger partial charge is 0.356 e. The monoisotopic (exact) mass is 491 g/mol. The van der Waals surface area contributed by atoms with Crippen molar-refractivity contribution in [1.82, 2.24) is 20.5 Å². The van der Waals surface area contributed by atoms with Crippen LogP contribution in [0.25, 0.3) is 0 Å². The number of rotatable bonds is 7. The van der Waals surface area contributed by atoms with Crippen molar-refractivity contribution in [3.8, 4) is 0 Å². The number of nitrogens with zero attached hydrogens (tertiary/aromatic N) is 3. The molecule has 1 heterocycles. The molecule has 5 nitrogen and oxygen atoms in total. The second kappa shape index (κ2) is 9.91. The van der Waals surface area contributed by atoms with Crippen LogP contribution >= 0.6 is 35.3 Å². The van der Waals surface area contributed by atoms with Crippen molar-refractivity contribution in [3.63, 3.8) is 0 Å². The third kappa shape index (κ3) is 7.26. The molecule has 1 fully saturated rings. The highest BCUT2D eigenvalue weighted by Gasteiger charge is 2.33. The molecule has 1 aromatic rings. The van der Waals surface area contributed by atoms with E-state index in [9.17, 15) is 13.2 Å². The molecule has 0 bridgehead atoms. The Labute approximate surface area is 167 Å². The molecule has 0 spiro atoms. The number of hydrogen-bond donors (Lipinski definition) is 2. The molecule has 1 aliphatic carbocycles. The summed E-state index contributed by atoms with van der Waals surface area (Å²) in [6.07, 6.45) is -1.41. The summed E-state index contributed by atoms with van der Waals surface area (Å²) in [6, 6.07) is 1.09. The lowest BCUT2D eigenvalue weighted by Crippen LogP contribution is -2.45. The normalized spacial score (nSPS) is 16.5. The molecule has 1 aliphatic rings. The first kappa shape index (κ1) is 22.4. The van der Waals surface area contributed by atoms with Gasteiger partial charge in [0.15, 0.2) is 11.7 Å². The van der Waals surface area contributed by atoms with Gasteiger partial charge in [-0.3, -0.25) is 9.89 Å². The summed E-state index contributed by atoms with van der Waals surface area (Å²) in [5.41, 5.74) is -0.818. The molecule has 1 aromatic heterocycles. The van der Waals surface area contributed by atoms with Crippen LogP contribution in [0.3, 0.4) is 0 Å². The molecular weight excluding hydrogens is 466 g/mol. The quantitative estimate of drug-likeness (QED) is 0.350. The average molecular weight is 491 g/mol. The number of hydrogen-bond acceptors (Lipinski definition) is 4. The largest absolute Gasteiger partial charge is 0.434 e. The molecular formula is C15H25F3IN5S. The van der Waals surface area contributed by atoms with Gasteiger partial charge in [-0.25, -0.2) is 4.98 Å². The Balaban J connectivity index is 0.00000312. The van der Waals surface area contributed by atoms with Crippen molar-refractivity contribution >= 4 is 41.3 Å². The molecule has 2 rings (SSSR count). The zero-order valence-electron chi connectivity index (χ0n) is 14.6. The molecule has 0 radical (unpaired) electrons. The van der Waals surface area contributed by atoms with Gasteiger partial charge in [-0.15, -0.1) is 35.3 Å². The van der Waals surface area contributed by atoms with E-state index in [1.54, 1.807) is 7.05 Å². The van der Waals surface area contributed by atoms with Crippen molar-refractivity contribution in [3.05, 3.63) is 16.1 Å². The van der Waals surface area contributed by atoms with Crippen molar-refractivity contribution in [2.24, 2.45) is 4.99 Å². The van der Waals surface area contributed by atoms with E-state index in [0.29, 0.717) is 36.0 Å². The first-order chi connectivity index (χ1) is 11.3. The number of aliphatic imine (C=N–C) groups is 1. The number of nitrogens with one attached hydrogen (secondary N) is 2. The third-order valence-corrected chi connectivity index (χ3v) is 4.99. The number of likely N-dealkylation sites (N-methyl/N-ethyl adjacent to an activating group) is 1. The van der Waals surface area contributed by atoms with Crippen LogP contribution in [0, 0.1) is 0 Å². The first-order valence-corrected chi connectivity index (χ1v) is 8.87. The number of aromatic nitrogens is 1. The van der Waals surface area contributed by atoms with E-state index in [0.717, 1.165) is 23.3 Å². The van der Waals surface area contributed by atoms with Crippen LogP contribution in [-0.2, 0) is 12.6 Å². The minimum atomic E-state index is -4.37. The topological polar surface area (TPSA) is 52.6 Å². The summed E-state index contributed by atoms with van der Waals surface area (Å²) in [6.45, 7) is 3.41. The van der Waals surface area contributed by atoms with E-state index in [1.165, 1.54) is 12.8 Å². The van der Waals surface area contributed by atoms with Gasteiger partial charge in [0.25, 0.3) is 0 Å². The summed E-state index contributed by atoms with van der Waals surface area (Å²) in [4.78, 5) is 10.1. The van der Waals surface area contributed by atoms with Gasteiger partial charge >= 0.3 is 6.18 Å². The molecule has 10 heteroatoms. The second-order valence-corrected chi connectivity index (χ2v) is 6.94. The minimum Gasteiger partial charge on any atom is -0.356 e. The predicted octanol–water partition coefficient (Wildman–Crippen LogP) is 2.97. The van der Waals surface area contributed by atoms with Crippen LogP contribution in [0.2, 0.25) is 0 Å². The first-order valence-electron chi connectivity index (χ1n) is 7.99. The van der Waals surface area contributed by atoms with Crippen LogP contribution in [0.5, 0.6) is 0 Å². The molecule has 0 saturated heterocycles. The summed E-state index contributed by atoms with van der Waals surface area (Å²) < 4.78 is 37.5. The lowest BCUT2D eigenvalue weighted by molar-refractivity contribution is -0.140. The zero-order valence-corrected chi connectivity index (χ0v) is 17.7. The standard InChI is InChI=1S/C15H24F3N5S.HI/c1-10(23(3)11-4-5-11)8-21-14(19-2)20-7-6-13-22-12(9-24-13)15(16,17)18;/h9-11H,4-8H2,1-3H3,(H2,19,20,21);1H. The van der Waals surface area contributed by atoms with Crippen molar-refractivity contribution < 1.29 is 13.2 Å². The SMILES string of the molecule is CN=C(NCCc1nc(C(F)(F)F)cs1)NCC(C)N(C)C1CC1.I. The summed E-state index contributed by atoms with van der Waals surface area (Å²) >= 11 is 1.03. The zero-order chi connectivity index (χ0) is 17.7. The summed E-state index contributed by atoms with van der Waals surface area (Å²) in [5.74, 6) is 0.652. The number of alkyl halides is 3. The van der Waals surface area contributed by atoms with Gasteiger partial charge in [-0.2, -0.15) is 13.2 Å². The molecule has 144 valence electrons. The van der Waals surface area contributed by atoms with Crippen LogP contribution in [0.15, 0.2) is 10.4 Å². The van der Waals surface area contributed by atoms with E-state index in [1.807, 2.05) is 0 Å². The summed E-state index contributed by atoms with van der Waals surface area (Å²) in [5, 5.41) is 7.88. The number of halogens is 4. The van der Waals surface area contributed by atoms with Gasteiger partial charge in [0.1, 0.15) is 0 Å². The maximum absolute atomic E-state index is 12.5. The fourth-order valence-electron chi connectivity index (χ4n) is 2.29. The Morgan fingerprint density at radius 3 is 2.64 bits per heavy atom. The van der Waals surface area contributed by atoms with Crippen LogP contribution in [0.1, 0.15) is 30.5 Å². The number of thiazole rings is 1. The van der Waals surface area contributed by atoms with E-state index >= 15 is 0 Å². The molecule has 0 amide bonds. The maximum atomic E-state index is 12.5. The van der Waals surface area contributed by atoms with Crippen molar-refractivity contribution in [1.29, 1.82) is 0 Å². The van der Waals surface area contributed by atoms with Gasteiger partial charge in [0, 0.05) is 44.0 Å². The van der Waals surface area contributed by atoms with Gasteiger partial charge in [-0.05, 0) is 26.8 Å². The Bertz CT molecular complexity index is 560. The average Bonchev–Trinajstić information content (AvgIpc) is 3.26. The van der Waals surface area contributed by atoms with Crippen molar-refractivity contribution in [2.45, 2.75) is 44.4 Å². The second-order valence-electron chi connectivity index (χ2n) is 6.00. The molecule has 0 aromatic carbocycles. The van der Waals surface area contributed by atoms with Gasteiger partial charge in [0.2, 0.25) is 0 Å². The van der Waals surface area contributed by atoms with Crippen LogP contribution in [-0.4, -0.2) is 55.1 Å². The molecule has 1 unspecified atom stereocenters. The molecule has 0 aliphatic heterocycles. The molecule has 25 heavy (non-hydrogen) atoms. The van der Waals surface area contributed by atoms with Gasteiger partial charge in [0.05, 0.1) is 5.01 Å². The van der Waals surface area contributed by atoms with Gasteiger partial charge in [-0.1, -0.05) is 0 Å². The molecule has 1 saturated carbocycles. The van der Waals surface area contributed by atoms with E-state index in [-0.39, 0.29) is 24.0 Å². The summed E-state index contributed by atoms with van der Waals surface area (Å²) in [7, 11) is 3.80. The fourth-order valence-corrected chi connectivity index (χ4v) is 3.10. The Hall–Kier alpha value is -0.620. The van der Waals surface area contributed by atoms with E-state index < -0.39 is 11.9 Å². The highest BCUT2D eigenvalue weighted by Crippen LogP contribution is 2.30.